The third kappa shape index (κ3) is 9.59. The summed E-state index contributed by atoms with van der Waals surface area (Å²) in [6.07, 6.45) is 0. The minimum Gasteiger partial charge on any atom is -0.328 e. The van der Waals surface area contributed by atoms with Crippen LogP contribution in [0.3, 0.4) is 0 Å². The first-order valence-electron chi connectivity index (χ1n) is 4.93. The van der Waals surface area contributed by atoms with E-state index in [1.807, 2.05) is 20.8 Å². The molecule has 0 fully saturated rings. The van der Waals surface area contributed by atoms with Crippen molar-refractivity contribution in [2.75, 3.05) is 26.4 Å². The number of nitrogens with zero attached hydrogens (tertiary/aromatic N) is 1. The highest BCUT2D eigenvalue weighted by molar-refractivity contribution is 4.57. The SMILES string of the molecule is CCOC(CN)(OCC)OCC.O=[N+]([O-])O. The summed E-state index contributed by atoms with van der Waals surface area (Å²) in [5, 5.41) is 13.6. The van der Waals surface area contributed by atoms with Gasteiger partial charge >= 0.3 is 0 Å². The Kier molecular flexibility index (Phi) is 11.5. The van der Waals surface area contributed by atoms with Gasteiger partial charge in [0.05, 0.1) is 6.54 Å². The highest BCUT2D eigenvalue weighted by Crippen LogP contribution is 2.13. The van der Waals surface area contributed by atoms with E-state index in [2.05, 4.69) is 0 Å². The molecule has 0 atom stereocenters. The van der Waals surface area contributed by atoms with E-state index in [0.717, 1.165) is 0 Å². The largest absolute Gasteiger partial charge is 0.328 e. The molecule has 3 N–H and O–H groups in total. The molecule has 16 heavy (non-hydrogen) atoms. The van der Waals surface area contributed by atoms with Crippen molar-refractivity contribution in [2.45, 2.75) is 26.7 Å². The second-order valence-electron chi connectivity index (χ2n) is 2.42. The van der Waals surface area contributed by atoms with Crippen LogP contribution in [0.5, 0.6) is 0 Å². The van der Waals surface area contributed by atoms with Gasteiger partial charge in [0.15, 0.2) is 0 Å². The number of ether oxygens (including phenoxy) is 3. The molecule has 8 nitrogen and oxygen atoms in total. The lowest BCUT2D eigenvalue weighted by molar-refractivity contribution is -0.742. The topological polar surface area (TPSA) is 117 Å². The van der Waals surface area contributed by atoms with E-state index in [-0.39, 0.29) is 6.54 Å². The van der Waals surface area contributed by atoms with E-state index >= 15 is 0 Å². The van der Waals surface area contributed by atoms with Gasteiger partial charge in [-0.05, 0) is 20.8 Å². The fraction of sp³-hybridized carbons (Fsp3) is 1.00. The quantitative estimate of drug-likeness (QED) is 0.374. The molecule has 0 aliphatic heterocycles. The van der Waals surface area contributed by atoms with Crippen molar-refractivity contribution in [3.05, 3.63) is 10.1 Å². The molecule has 0 aromatic heterocycles. The third-order valence-electron chi connectivity index (χ3n) is 1.34. The van der Waals surface area contributed by atoms with E-state index in [0.29, 0.717) is 19.8 Å². The van der Waals surface area contributed by atoms with Crippen LogP contribution in [0.1, 0.15) is 20.8 Å². The summed E-state index contributed by atoms with van der Waals surface area (Å²) in [5.41, 5.74) is 5.49. The monoisotopic (exact) mass is 240 g/mol. The maximum Gasteiger partial charge on any atom is 0.295 e. The highest BCUT2D eigenvalue weighted by atomic mass is 16.9. The molecule has 0 bridgehead atoms. The van der Waals surface area contributed by atoms with Crippen LogP contribution in [0.2, 0.25) is 0 Å². The summed E-state index contributed by atoms with van der Waals surface area (Å²) in [6.45, 7) is 7.42. The molecule has 0 amide bonds. The van der Waals surface area contributed by atoms with E-state index in [1.165, 1.54) is 0 Å². The Morgan fingerprint density at radius 3 is 1.56 bits per heavy atom. The predicted molar refractivity (Wildman–Crippen MR) is 55.4 cm³/mol. The number of nitrogens with two attached hydrogens (primary N) is 1. The fourth-order valence-electron chi connectivity index (χ4n) is 0.962. The second-order valence-corrected chi connectivity index (χ2v) is 2.42. The molecule has 0 unspecified atom stereocenters. The average molecular weight is 240 g/mol. The number of hydrogen-bond acceptors (Lipinski definition) is 6. The summed E-state index contributed by atoms with van der Waals surface area (Å²) in [6, 6.07) is 0. The molecule has 8 heteroatoms. The lowest BCUT2D eigenvalue weighted by atomic mass is 10.5. The average Bonchev–Trinajstić information content (AvgIpc) is 2.18. The molecule has 0 saturated heterocycles. The van der Waals surface area contributed by atoms with Gasteiger partial charge in [-0.1, -0.05) is 0 Å². The molecule has 0 aromatic carbocycles. The van der Waals surface area contributed by atoms with Crippen molar-refractivity contribution in [3.63, 3.8) is 0 Å². The minimum absolute atomic E-state index is 0.211. The van der Waals surface area contributed by atoms with Crippen molar-refractivity contribution in [2.24, 2.45) is 5.73 Å². The molecule has 98 valence electrons. The molecule has 0 saturated carbocycles. The third-order valence-corrected chi connectivity index (χ3v) is 1.34. The van der Waals surface area contributed by atoms with Crippen molar-refractivity contribution < 1.29 is 24.5 Å². The Morgan fingerprint density at radius 1 is 1.19 bits per heavy atom. The Labute approximate surface area is 94.4 Å². The first-order chi connectivity index (χ1) is 7.47. The van der Waals surface area contributed by atoms with Crippen molar-refractivity contribution >= 4 is 0 Å². The van der Waals surface area contributed by atoms with Crippen LogP contribution in [0.15, 0.2) is 0 Å². The van der Waals surface area contributed by atoms with Gasteiger partial charge < -0.3 is 25.2 Å². The summed E-state index contributed by atoms with van der Waals surface area (Å²) >= 11 is 0. The van der Waals surface area contributed by atoms with Gasteiger partial charge in [0.2, 0.25) is 0 Å². The standard InChI is InChI=1S/C8H19NO3.HNO3/c1-4-10-8(7-9,11-5-2)12-6-3;2-1(3)4/h4-7,9H2,1-3H3;(H,2,3,4). The number of hydrogen-bond donors (Lipinski definition) is 2. The molecule has 0 aliphatic carbocycles. The normalized spacial score (nSPS) is 10.5. The van der Waals surface area contributed by atoms with Crippen molar-refractivity contribution in [1.29, 1.82) is 0 Å². The summed E-state index contributed by atoms with van der Waals surface area (Å²) < 4.78 is 15.9. The Bertz CT molecular complexity index is 157. The van der Waals surface area contributed by atoms with Gasteiger partial charge in [0, 0.05) is 19.8 Å². The van der Waals surface area contributed by atoms with Gasteiger partial charge in [-0.25, -0.2) is 0 Å². The van der Waals surface area contributed by atoms with Crippen LogP contribution in [0.25, 0.3) is 0 Å². The van der Waals surface area contributed by atoms with E-state index < -0.39 is 11.1 Å². The molecule has 0 aromatic rings. The van der Waals surface area contributed by atoms with E-state index in [1.54, 1.807) is 0 Å². The van der Waals surface area contributed by atoms with Crippen molar-refractivity contribution in [1.82, 2.24) is 0 Å². The zero-order valence-electron chi connectivity index (χ0n) is 9.84. The van der Waals surface area contributed by atoms with Crippen molar-refractivity contribution in [3.8, 4) is 0 Å². The van der Waals surface area contributed by atoms with Crippen LogP contribution in [-0.2, 0) is 14.2 Å². The summed E-state index contributed by atoms with van der Waals surface area (Å²) in [7, 11) is 0. The zero-order chi connectivity index (χ0) is 13.0. The molecule has 0 rings (SSSR count). The lowest BCUT2D eigenvalue weighted by Gasteiger charge is -2.30. The first-order valence-corrected chi connectivity index (χ1v) is 4.93. The van der Waals surface area contributed by atoms with Gasteiger partial charge in [-0.15, -0.1) is 10.1 Å². The first kappa shape index (κ1) is 17.4. The van der Waals surface area contributed by atoms with Crippen LogP contribution in [-0.4, -0.2) is 42.6 Å². The van der Waals surface area contributed by atoms with Crippen LogP contribution in [0, 0.1) is 10.1 Å². The molecule has 0 heterocycles. The van der Waals surface area contributed by atoms with Gasteiger partial charge in [0.25, 0.3) is 11.1 Å². The molecule has 0 spiro atoms. The lowest BCUT2D eigenvalue weighted by Crippen LogP contribution is -2.46. The van der Waals surface area contributed by atoms with Gasteiger partial charge in [0.1, 0.15) is 0 Å². The van der Waals surface area contributed by atoms with E-state index in [4.69, 9.17) is 35.3 Å². The highest BCUT2D eigenvalue weighted by Gasteiger charge is 2.30. The summed E-state index contributed by atoms with van der Waals surface area (Å²) in [5.74, 6) is -1.03. The van der Waals surface area contributed by atoms with Crippen LogP contribution in [0.4, 0.5) is 0 Å². The Hall–Kier alpha value is -0.960. The summed E-state index contributed by atoms with van der Waals surface area (Å²) in [4.78, 5) is 8.36. The number of rotatable bonds is 7. The minimum atomic E-state index is -1.50. The maximum atomic E-state index is 8.36. The molecular weight excluding hydrogens is 220 g/mol. The van der Waals surface area contributed by atoms with Crippen LogP contribution < -0.4 is 5.73 Å². The molecular formula is C8H20N2O6. The molecule has 0 radical (unpaired) electrons. The van der Waals surface area contributed by atoms with Gasteiger partial charge in [-0.2, -0.15) is 0 Å². The smallest absolute Gasteiger partial charge is 0.295 e. The fourth-order valence-corrected chi connectivity index (χ4v) is 0.962. The zero-order valence-corrected chi connectivity index (χ0v) is 9.84. The Balaban J connectivity index is 0. The molecule has 0 aliphatic rings. The second kappa shape index (κ2) is 10.6. The van der Waals surface area contributed by atoms with E-state index in [9.17, 15) is 0 Å². The maximum absolute atomic E-state index is 8.36. The Morgan fingerprint density at radius 2 is 1.44 bits per heavy atom. The predicted octanol–water partition coefficient (Wildman–Crippen LogP) is 0.361. The van der Waals surface area contributed by atoms with Crippen LogP contribution >= 0.6 is 0 Å². The van der Waals surface area contributed by atoms with Gasteiger partial charge in [-0.3, -0.25) is 0 Å².